The van der Waals surface area contributed by atoms with Crippen LogP contribution in [0, 0.1) is 6.92 Å². The van der Waals surface area contributed by atoms with E-state index in [0.717, 1.165) is 23.3 Å². The van der Waals surface area contributed by atoms with Crippen molar-refractivity contribution in [3.63, 3.8) is 0 Å². The SMILES string of the molecule is Cc1ccc(C(=O)c2ccc3c(c2)CC(C)(C)O3)c(Cl)c1. The molecule has 0 N–H and O–H groups in total. The van der Waals surface area contributed by atoms with Crippen LogP contribution >= 0.6 is 11.6 Å². The minimum Gasteiger partial charge on any atom is -0.487 e. The van der Waals surface area contributed by atoms with Crippen LogP contribution in [0.2, 0.25) is 5.02 Å². The Balaban J connectivity index is 1.97. The van der Waals surface area contributed by atoms with Gasteiger partial charge in [0.05, 0.1) is 5.02 Å². The van der Waals surface area contributed by atoms with Gasteiger partial charge in [-0.15, -0.1) is 0 Å². The highest BCUT2D eigenvalue weighted by molar-refractivity contribution is 6.35. The summed E-state index contributed by atoms with van der Waals surface area (Å²) >= 11 is 6.19. The Morgan fingerprint density at radius 1 is 1.19 bits per heavy atom. The second-order valence-electron chi connectivity index (χ2n) is 6.17. The van der Waals surface area contributed by atoms with Crippen molar-refractivity contribution in [1.29, 1.82) is 0 Å². The van der Waals surface area contributed by atoms with E-state index in [-0.39, 0.29) is 11.4 Å². The van der Waals surface area contributed by atoms with Crippen molar-refractivity contribution in [2.45, 2.75) is 32.8 Å². The lowest BCUT2D eigenvalue weighted by atomic mass is 9.97. The number of carbonyl (C=O) groups excluding carboxylic acids is 1. The van der Waals surface area contributed by atoms with Crippen molar-refractivity contribution in [3.05, 3.63) is 63.7 Å². The van der Waals surface area contributed by atoms with E-state index in [1.807, 2.05) is 45.0 Å². The highest BCUT2D eigenvalue weighted by Crippen LogP contribution is 2.35. The van der Waals surface area contributed by atoms with Crippen LogP contribution in [-0.2, 0) is 6.42 Å². The van der Waals surface area contributed by atoms with Crippen molar-refractivity contribution < 1.29 is 9.53 Å². The number of ether oxygens (including phenoxy) is 1. The van der Waals surface area contributed by atoms with E-state index in [2.05, 4.69) is 0 Å². The zero-order valence-electron chi connectivity index (χ0n) is 12.4. The molecule has 0 radical (unpaired) electrons. The predicted molar refractivity (Wildman–Crippen MR) is 84.5 cm³/mol. The number of hydrogen-bond acceptors (Lipinski definition) is 2. The number of halogens is 1. The Kier molecular flexibility index (Phi) is 3.29. The molecule has 0 aliphatic carbocycles. The number of benzene rings is 2. The van der Waals surface area contributed by atoms with Crippen LogP contribution in [0.3, 0.4) is 0 Å². The number of aryl methyl sites for hydroxylation is 1. The van der Waals surface area contributed by atoms with E-state index in [1.165, 1.54) is 0 Å². The third kappa shape index (κ3) is 2.68. The standard InChI is InChI=1S/C18H17ClO2/c1-11-4-6-14(15(19)8-11)17(20)12-5-7-16-13(9-12)10-18(2,3)21-16/h4-9H,10H2,1-3H3. The van der Waals surface area contributed by atoms with E-state index in [4.69, 9.17) is 16.3 Å². The molecular weight excluding hydrogens is 284 g/mol. The molecule has 0 unspecified atom stereocenters. The maximum Gasteiger partial charge on any atom is 0.194 e. The molecule has 0 saturated heterocycles. The van der Waals surface area contributed by atoms with Crippen LogP contribution in [0.4, 0.5) is 0 Å². The molecule has 21 heavy (non-hydrogen) atoms. The first kappa shape index (κ1) is 14.2. The molecule has 0 aromatic heterocycles. The van der Waals surface area contributed by atoms with Gasteiger partial charge < -0.3 is 4.74 Å². The molecule has 1 aliphatic heterocycles. The monoisotopic (exact) mass is 300 g/mol. The average Bonchev–Trinajstić information content (AvgIpc) is 2.70. The number of rotatable bonds is 2. The van der Waals surface area contributed by atoms with E-state index < -0.39 is 0 Å². The van der Waals surface area contributed by atoms with Gasteiger partial charge in [0.25, 0.3) is 0 Å². The smallest absolute Gasteiger partial charge is 0.194 e. The lowest BCUT2D eigenvalue weighted by molar-refractivity contribution is 0.103. The first-order valence-electron chi connectivity index (χ1n) is 6.98. The van der Waals surface area contributed by atoms with Gasteiger partial charge >= 0.3 is 0 Å². The quantitative estimate of drug-likeness (QED) is 0.758. The summed E-state index contributed by atoms with van der Waals surface area (Å²) < 4.78 is 5.84. The highest BCUT2D eigenvalue weighted by Gasteiger charge is 2.30. The fourth-order valence-corrected chi connectivity index (χ4v) is 3.03. The first-order chi connectivity index (χ1) is 9.85. The molecule has 0 bridgehead atoms. The summed E-state index contributed by atoms with van der Waals surface area (Å²) in [5, 5.41) is 0.497. The number of fused-ring (bicyclic) bond motifs is 1. The zero-order chi connectivity index (χ0) is 15.2. The molecule has 0 spiro atoms. The molecule has 1 aliphatic rings. The van der Waals surface area contributed by atoms with Crippen LogP contribution in [0.25, 0.3) is 0 Å². The second kappa shape index (κ2) is 4.88. The summed E-state index contributed by atoms with van der Waals surface area (Å²) in [7, 11) is 0. The maximum atomic E-state index is 12.6. The molecule has 0 saturated carbocycles. The molecule has 108 valence electrons. The van der Waals surface area contributed by atoms with Crippen molar-refractivity contribution in [2.24, 2.45) is 0 Å². The van der Waals surface area contributed by atoms with Gasteiger partial charge in [0.1, 0.15) is 11.4 Å². The van der Waals surface area contributed by atoms with Gasteiger partial charge in [-0.3, -0.25) is 4.79 Å². The summed E-state index contributed by atoms with van der Waals surface area (Å²) in [6, 6.07) is 11.1. The van der Waals surface area contributed by atoms with E-state index in [1.54, 1.807) is 12.1 Å². The van der Waals surface area contributed by atoms with Crippen LogP contribution < -0.4 is 4.74 Å². The molecule has 0 amide bonds. The van der Waals surface area contributed by atoms with E-state index >= 15 is 0 Å². The van der Waals surface area contributed by atoms with Crippen LogP contribution in [0.1, 0.15) is 40.9 Å². The molecule has 3 heteroatoms. The second-order valence-corrected chi connectivity index (χ2v) is 6.58. The highest BCUT2D eigenvalue weighted by atomic mass is 35.5. The molecular formula is C18H17ClO2. The van der Waals surface area contributed by atoms with Gasteiger partial charge in [0.15, 0.2) is 5.78 Å². The molecule has 2 aromatic carbocycles. The van der Waals surface area contributed by atoms with E-state index in [0.29, 0.717) is 16.1 Å². The summed E-state index contributed by atoms with van der Waals surface area (Å²) in [6.07, 6.45) is 0.811. The summed E-state index contributed by atoms with van der Waals surface area (Å²) in [5.41, 5.74) is 3.11. The average molecular weight is 301 g/mol. The van der Waals surface area contributed by atoms with Crippen LogP contribution in [-0.4, -0.2) is 11.4 Å². The Morgan fingerprint density at radius 3 is 2.67 bits per heavy atom. The van der Waals surface area contributed by atoms with Crippen molar-refractivity contribution in [3.8, 4) is 5.75 Å². The van der Waals surface area contributed by atoms with Crippen LogP contribution in [0.15, 0.2) is 36.4 Å². The molecule has 0 fully saturated rings. The summed E-state index contributed by atoms with van der Waals surface area (Å²) in [6.45, 7) is 6.05. The minimum absolute atomic E-state index is 0.0486. The largest absolute Gasteiger partial charge is 0.487 e. The third-order valence-electron chi connectivity index (χ3n) is 3.69. The Bertz CT molecular complexity index is 732. The fraction of sp³-hybridized carbons (Fsp3) is 0.278. The molecule has 3 rings (SSSR count). The van der Waals surface area contributed by atoms with Gasteiger partial charge in [0.2, 0.25) is 0 Å². The van der Waals surface area contributed by atoms with Gasteiger partial charge in [0, 0.05) is 17.5 Å². The number of ketones is 1. The van der Waals surface area contributed by atoms with Crippen molar-refractivity contribution in [1.82, 2.24) is 0 Å². The lowest BCUT2D eigenvalue weighted by Gasteiger charge is -2.16. The van der Waals surface area contributed by atoms with Crippen molar-refractivity contribution in [2.75, 3.05) is 0 Å². The zero-order valence-corrected chi connectivity index (χ0v) is 13.1. The molecule has 1 heterocycles. The fourth-order valence-electron chi connectivity index (χ4n) is 2.71. The summed E-state index contributed by atoms with van der Waals surface area (Å²) in [4.78, 5) is 12.6. The first-order valence-corrected chi connectivity index (χ1v) is 7.36. The Morgan fingerprint density at radius 2 is 1.95 bits per heavy atom. The number of carbonyl (C=O) groups is 1. The molecule has 2 aromatic rings. The third-order valence-corrected chi connectivity index (χ3v) is 4.01. The van der Waals surface area contributed by atoms with E-state index in [9.17, 15) is 4.79 Å². The maximum absolute atomic E-state index is 12.6. The summed E-state index contributed by atoms with van der Waals surface area (Å²) in [5.74, 6) is 0.819. The van der Waals surface area contributed by atoms with Crippen LogP contribution in [0.5, 0.6) is 5.75 Å². The predicted octanol–water partition coefficient (Wildman–Crippen LogP) is 4.59. The lowest BCUT2D eigenvalue weighted by Crippen LogP contribution is -2.24. The van der Waals surface area contributed by atoms with Gasteiger partial charge in [-0.05, 0) is 62.2 Å². The molecule has 2 nitrogen and oxygen atoms in total. The van der Waals surface area contributed by atoms with Gasteiger partial charge in [-0.1, -0.05) is 17.7 Å². The van der Waals surface area contributed by atoms with Crippen molar-refractivity contribution >= 4 is 17.4 Å². The minimum atomic E-state index is -0.203. The Labute approximate surface area is 129 Å². The normalized spacial score (nSPS) is 15.4. The van der Waals surface area contributed by atoms with Gasteiger partial charge in [-0.25, -0.2) is 0 Å². The topological polar surface area (TPSA) is 26.3 Å². The molecule has 0 atom stereocenters. The Hall–Kier alpha value is -1.80. The van der Waals surface area contributed by atoms with Gasteiger partial charge in [-0.2, -0.15) is 0 Å². The number of hydrogen-bond donors (Lipinski definition) is 0.